The molecule has 152 valence electrons. The molecule has 1 unspecified atom stereocenters. The zero-order chi connectivity index (χ0) is 21.1. The number of hydrogen-bond acceptors (Lipinski definition) is 4. The first-order valence-corrected chi connectivity index (χ1v) is 9.39. The van der Waals surface area contributed by atoms with Gasteiger partial charge in [0.15, 0.2) is 6.10 Å². The normalized spacial score (nSPS) is 15.7. The van der Waals surface area contributed by atoms with Gasteiger partial charge in [-0.1, -0.05) is 12.1 Å². The second kappa shape index (κ2) is 8.24. The van der Waals surface area contributed by atoms with Gasteiger partial charge in [-0.15, -0.1) is 0 Å². The molecule has 7 heteroatoms. The molecular formula is C23H19FN2O4. The lowest BCUT2D eigenvalue weighted by Gasteiger charge is -2.33. The number of carbonyl (C=O) groups is 2. The largest absolute Gasteiger partial charge is 0.479 e. The topological polar surface area (TPSA) is 71.8 Å². The fourth-order valence-electron chi connectivity index (χ4n) is 3.15. The molecule has 3 aromatic rings. The molecule has 0 saturated carbocycles. The van der Waals surface area contributed by atoms with E-state index >= 15 is 0 Å². The van der Waals surface area contributed by atoms with Gasteiger partial charge in [0, 0.05) is 11.8 Å². The van der Waals surface area contributed by atoms with E-state index in [2.05, 4.69) is 5.32 Å². The zero-order valence-corrected chi connectivity index (χ0v) is 16.2. The molecule has 0 radical (unpaired) electrons. The Bertz CT molecular complexity index is 1090. The Morgan fingerprint density at radius 3 is 2.73 bits per heavy atom. The number of nitrogens with one attached hydrogen (secondary N) is 1. The number of amides is 2. The molecular weight excluding hydrogens is 387 g/mol. The molecule has 2 amide bonds. The van der Waals surface area contributed by atoms with Gasteiger partial charge in [-0.2, -0.15) is 0 Å². The van der Waals surface area contributed by atoms with E-state index in [9.17, 15) is 14.0 Å². The van der Waals surface area contributed by atoms with Crippen LogP contribution in [0.15, 0.2) is 71.4 Å². The van der Waals surface area contributed by atoms with Crippen LogP contribution in [0.2, 0.25) is 0 Å². The third-order valence-corrected chi connectivity index (χ3v) is 4.63. The summed E-state index contributed by atoms with van der Waals surface area (Å²) in [5.74, 6) is 0.205. The summed E-state index contributed by atoms with van der Waals surface area (Å²) in [6.45, 7) is 1.94. The molecule has 1 aliphatic rings. The van der Waals surface area contributed by atoms with Crippen LogP contribution in [0.4, 0.5) is 15.8 Å². The molecule has 0 aliphatic carbocycles. The van der Waals surface area contributed by atoms with Crippen LogP contribution in [0.1, 0.15) is 18.2 Å². The molecule has 2 heterocycles. The van der Waals surface area contributed by atoms with Crippen LogP contribution in [-0.2, 0) is 16.1 Å². The molecule has 0 saturated heterocycles. The van der Waals surface area contributed by atoms with E-state index in [1.807, 2.05) is 0 Å². The van der Waals surface area contributed by atoms with E-state index in [0.29, 0.717) is 22.9 Å². The number of carbonyl (C=O) groups excluding carboxylic acids is 2. The summed E-state index contributed by atoms with van der Waals surface area (Å²) in [4.78, 5) is 26.5. The molecule has 30 heavy (non-hydrogen) atoms. The lowest BCUT2D eigenvalue weighted by atomic mass is 10.1. The van der Waals surface area contributed by atoms with E-state index in [-0.39, 0.29) is 24.2 Å². The van der Waals surface area contributed by atoms with Crippen LogP contribution in [0.3, 0.4) is 0 Å². The molecule has 0 fully saturated rings. The van der Waals surface area contributed by atoms with E-state index in [1.165, 1.54) is 24.5 Å². The summed E-state index contributed by atoms with van der Waals surface area (Å²) >= 11 is 0. The Labute approximate surface area is 172 Å². The maximum absolute atomic E-state index is 13.2. The van der Waals surface area contributed by atoms with Crippen LogP contribution < -0.4 is 15.0 Å². The summed E-state index contributed by atoms with van der Waals surface area (Å²) in [6.07, 6.45) is 3.80. The first-order valence-electron chi connectivity index (χ1n) is 9.39. The van der Waals surface area contributed by atoms with E-state index < -0.39 is 6.10 Å². The fourth-order valence-corrected chi connectivity index (χ4v) is 3.15. The SMILES string of the molecule is CC1Oc2ccc(NC(=O)/C=C/c3ccco3)cc2N(Cc2ccc(F)cc2)C1=O. The monoisotopic (exact) mass is 406 g/mol. The van der Waals surface area contributed by atoms with Crippen molar-refractivity contribution >= 4 is 29.3 Å². The van der Waals surface area contributed by atoms with E-state index in [4.69, 9.17) is 9.15 Å². The van der Waals surface area contributed by atoms with Crippen molar-refractivity contribution in [3.8, 4) is 5.75 Å². The predicted octanol–water partition coefficient (Wildman–Crippen LogP) is 4.38. The average Bonchev–Trinajstić information content (AvgIpc) is 3.25. The molecule has 0 bridgehead atoms. The maximum Gasteiger partial charge on any atom is 0.268 e. The number of nitrogens with zero attached hydrogens (tertiary/aromatic N) is 1. The molecule has 2 aromatic carbocycles. The lowest BCUT2D eigenvalue weighted by Crippen LogP contribution is -2.44. The van der Waals surface area contributed by atoms with Crippen molar-refractivity contribution < 1.29 is 23.1 Å². The van der Waals surface area contributed by atoms with Gasteiger partial charge in [0.1, 0.15) is 17.3 Å². The Balaban J connectivity index is 1.56. The van der Waals surface area contributed by atoms with E-state index in [0.717, 1.165) is 5.56 Å². The van der Waals surface area contributed by atoms with Gasteiger partial charge in [-0.3, -0.25) is 9.59 Å². The standard InChI is InChI=1S/C23H19FN2O4/c1-15-23(28)26(14-16-4-6-17(24)7-5-16)20-13-18(8-10-21(20)30-15)25-22(27)11-9-19-3-2-12-29-19/h2-13,15H,14H2,1H3,(H,25,27)/b11-9+. The van der Waals surface area contributed by atoms with Crippen molar-refractivity contribution in [3.05, 3.63) is 84.1 Å². The maximum atomic E-state index is 13.2. The zero-order valence-electron chi connectivity index (χ0n) is 16.2. The Hall–Kier alpha value is -3.87. The number of benzene rings is 2. The Kier molecular flexibility index (Phi) is 5.34. The molecule has 1 aliphatic heterocycles. The molecule has 1 atom stereocenters. The second-order valence-corrected chi connectivity index (χ2v) is 6.83. The van der Waals surface area contributed by atoms with Gasteiger partial charge < -0.3 is 19.4 Å². The summed E-state index contributed by atoms with van der Waals surface area (Å²) in [5, 5.41) is 2.76. The third-order valence-electron chi connectivity index (χ3n) is 4.63. The fraction of sp³-hybridized carbons (Fsp3) is 0.130. The summed E-state index contributed by atoms with van der Waals surface area (Å²) in [7, 11) is 0. The van der Waals surface area contributed by atoms with Crippen LogP contribution in [0.5, 0.6) is 5.75 Å². The number of ether oxygens (including phenoxy) is 1. The Morgan fingerprint density at radius 1 is 1.20 bits per heavy atom. The highest BCUT2D eigenvalue weighted by Crippen LogP contribution is 2.37. The van der Waals surface area contributed by atoms with Crippen molar-refractivity contribution in [3.63, 3.8) is 0 Å². The van der Waals surface area contributed by atoms with Crippen molar-refractivity contribution in [2.24, 2.45) is 0 Å². The van der Waals surface area contributed by atoms with Crippen LogP contribution >= 0.6 is 0 Å². The first-order chi connectivity index (χ1) is 14.5. The molecule has 1 aromatic heterocycles. The predicted molar refractivity (Wildman–Crippen MR) is 110 cm³/mol. The highest BCUT2D eigenvalue weighted by atomic mass is 19.1. The van der Waals surface area contributed by atoms with Gasteiger partial charge in [0.2, 0.25) is 5.91 Å². The minimum Gasteiger partial charge on any atom is -0.479 e. The van der Waals surface area contributed by atoms with Gasteiger partial charge in [-0.05, 0) is 61.0 Å². The Morgan fingerprint density at radius 2 is 2.00 bits per heavy atom. The first kappa shape index (κ1) is 19.4. The van der Waals surface area contributed by atoms with Gasteiger partial charge in [-0.25, -0.2) is 4.39 Å². The highest BCUT2D eigenvalue weighted by molar-refractivity contribution is 6.04. The summed E-state index contributed by atoms with van der Waals surface area (Å²) < 4.78 is 24.1. The van der Waals surface area contributed by atoms with Crippen molar-refractivity contribution in [2.75, 3.05) is 10.2 Å². The third kappa shape index (κ3) is 4.25. The highest BCUT2D eigenvalue weighted by Gasteiger charge is 2.31. The van der Waals surface area contributed by atoms with Gasteiger partial charge >= 0.3 is 0 Å². The van der Waals surface area contributed by atoms with Crippen LogP contribution in [-0.4, -0.2) is 17.9 Å². The number of furan rings is 1. The molecule has 4 rings (SSSR count). The van der Waals surface area contributed by atoms with Crippen molar-refractivity contribution in [1.29, 1.82) is 0 Å². The van der Waals surface area contributed by atoms with Crippen molar-refractivity contribution in [1.82, 2.24) is 0 Å². The van der Waals surface area contributed by atoms with Crippen molar-refractivity contribution in [2.45, 2.75) is 19.6 Å². The number of fused-ring (bicyclic) bond motifs is 1. The minimum absolute atomic E-state index is 0.215. The number of anilines is 2. The van der Waals surface area contributed by atoms with Crippen LogP contribution in [0, 0.1) is 5.82 Å². The van der Waals surface area contributed by atoms with E-state index in [1.54, 1.807) is 60.4 Å². The quantitative estimate of drug-likeness (QED) is 0.638. The van der Waals surface area contributed by atoms with Gasteiger partial charge in [0.05, 0.1) is 18.5 Å². The number of halogens is 1. The van der Waals surface area contributed by atoms with Gasteiger partial charge in [0.25, 0.3) is 5.91 Å². The smallest absolute Gasteiger partial charge is 0.268 e. The second-order valence-electron chi connectivity index (χ2n) is 6.83. The molecule has 6 nitrogen and oxygen atoms in total. The molecule has 1 N–H and O–H groups in total. The van der Waals surface area contributed by atoms with Crippen LogP contribution in [0.25, 0.3) is 6.08 Å². The minimum atomic E-state index is -0.644. The molecule has 0 spiro atoms. The number of rotatable bonds is 5. The summed E-state index contributed by atoms with van der Waals surface area (Å²) in [6, 6.07) is 14.5. The number of hydrogen-bond donors (Lipinski definition) is 1. The average molecular weight is 406 g/mol. The summed E-state index contributed by atoms with van der Waals surface area (Å²) in [5.41, 5.74) is 1.83. The lowest BCUT2D eigenvalue weighted by molar-refractivity contribution is -0.125.